The predicted molar refractivity (Wildman–Crippen MR) is 156 cm³/mol. The number of nitrogens with one attached hydrogen (secondary N) is 1. The molecule has 0 spiro atoms. The van der Waals surface area contributed by atoms with Crippen molar-refractivity contribution in [1.29, 1.82) is 0 Å². The normalized spacial score (nSPS) is 12.7. The van der Waals surface area contributed by atoms with Crippen LogP contribution in [0.5, 0.6) is 0 Å². The lowest BCUT2D eigenvalue weighted by atomic mass is 10.1. The van der Waals surface area contributed by atoms with Gasteiger partial charge in [0.05, 0.1) is 13.1 Å². The molecule has 2 amide bonds. The Balaban J connectivity index is 0.00000441. The molecule has 0 saturated carbocycles. The van der Waals surface area contributed by atoms with E-state index in [4.69, 9.17) is 4.52 Å². The number of hydrogen-bond acceptors (Lipinski definition) is 7. The average molecular weight is 551 g/mol. The summed E-state index contributed by atoms with van der Waals surface area (Å²) in [6, 6.07) is 13.7. The number of benzene rings is 2. The summed E-state index contributed by atoms with van der Waals surface area (Å²) in [5, 5.41) is 10.5. The van der Waals surface area contributed by atoms with E-state index in [-0.39, 0.29) is 32.3 Å². The molecule has 1 aliphatic rings. The van der Waals surface area contributed by atoms with Gasteiger partial charge in [0, 0.05) is 45.0 Å². The largest absolute Gasteiger partial charge is 0.441 e. The van der Waals surface area contributed by atoms with Crippen molar-refractivity contribution in [2.24, 2.45) is 13.0 Å². The molecule has 0 unspecified atom stereocenters. The van der Waals surface area contributed by atoms with Gasteiger partial charge in [-0.25, -0.2) is 9.80 Å². The van der Waals surface area contributed by atoms with Crippen LogP contribution in [0, 0.1) is 12.8 Å². The molecule has 2 aromatic carbocycles. The van der Waals surface area contributed by atoms with Gasteiger partial charge in [-0.15, -0.1) is 0 Å². The number of carbonyl (C=O) groups excluding carboxylic acids is 2. The number of fused-ring (bicyclic) bond motifs is 1. The zero-order valence-electron chi connectivity index (χ0n) is 23.4. The summed E-state index contributed by atoms with van der Waals surface area (Å²) >= 11 is 0. The van der Waals surface area contributed by atoms with Crippen molar-refractivity contribution in [1.82, 2.24) is 25.1 Å². The van der Waals surface area contributed by atoms with Crippen molar-refractivity contribution in [3.63, 3.8) is 0 Å². The molecule has 0 atom stereocenters. The molecule has 4 rings (SSSR count). The number of rotatable bonds is 11. The Morgan fingerprint density at radius 2 is 1.77 bits per heavy atom. The third-order valence-electron chi connectivity index (χ3n) is 7.16. The summed E-state index contributed by atoms with van der Waals surface area (Å²) in [6.45, 7) is 8.17. The molecule has 2 heterocycles. The number of nitrogens with zero attached hydrogens (tertiary/aromatic N) is 5. The van der Waals surface area contributed by atoms with Crippen LogP contribution in [-0.2, 0) is 29.7 Å². The molecule has 0 saturated heterocycles. The molecular formula is C30H42N6O4. The number of aromatic nitrogens is 2. The number of hydrogen-bond donors (Lipinski definition) is 1. The minimum absolute atomic E-state index is 0. The second-order valence-corrected chi connectivity index (χ2v) is 10.6. The lowest BCUT2D eigenvalue weighted by molar-refractivity contribution is -0.145. The molecular weight excluding hydrogens is 508 g/mol. The molecule has 0 radical (unpaired) electrons. The summed E-state index contributed by atoms with van der Waals surface area (Å²) in [5.41, 5.74) is 4.67. The fourth-order valence-corrected chi connectivity index (χ4v) is 4.77. The second kappa shape index (κ2) is 13.4. The van der Waals surface area contributed by atoms with E-state index in [0.717, 1.165) is 18.4 Å². The summed E-state index contributed by atoms with van der Waals surface area (Å²) in [5.74, 6) is 0.0995. The fraction of sp³-hybridized carbons (Fsp3) is 0.467. The molecule has 10 nitrogen and oxygen atoms in total. The van der Waals surface area contributed by atoms with Crippen LogP contribution in [0.4, 0.5) is 5.69 Å². The van der Waals surface area contributed by atoms with Crippen LogP contribution in [0.15, 0.2) is 51.8 Å². The van der Waals surface area contributed by atoms with Gasteiger partial charge in [-0.1, -0.05) is 62.8 Å². The molecule has 1 aliphatic heterocycles. The van der Waals surface area contributed by atoms with E-state index in [1.54, 1.807) is 24.0 Å². The van der Waals surface area contributed by atoms with E-state index >= 15 is 0 Å². The molecule has 0 bridgehead atoms. The van der Waals surface area contributed by atoms with Crippen molar-refractivity contribution >= 4 is 17.5 Å². The van der Waals surface area contributed by atoms with Crippen LogP contribution in [0.3, 0.4) is 0 Å². The summed E-state index contributed by atoms with van der Waals surface area (Å²) in [7, 11) is 3.36. The number of likely N-dealkylation sites (N-methyl/N-ethyl adjacent to an activating group) is 1. The number of aryl methyl sites for hydroxylation is 1. The van der Waals surface area contributed by atoms with Crippen molar-refractivity contribution < 1.29 is 14.1 Å². The van der Waals surface area contributed by atoms with Gasteiger partial charge in [0.2, 0.25) is 5.91 Å². The number of anilines is 1. The zero-order valence-corrected chi connectivity index (χ0v) is 23.4. The Kier molecular flexibility index (Phi) is 10.3. The average Bonchev–Trinajstić information content (AvgIpc) is 3.49. The topological polar surface area (TPSA) is 104 Å². The predicted octanol–water partition coefficient (Wildman–Crippen LogP) is 3.73. The smallest absolute Gasteiger partial charge is 0.355 e. The van der Waals surface area contributed by atoms with E-state index in [2.05, 4.69) is 36.5 Å². The molecule has 1 N–H and O–H groups in total. The Bertz CT molecular complexity index is 1350. The summed E-state index contributed by atoms with van der Waals surface area (Å²) < 4.78 is 6.13. The van der Waals surface area contributed by atoms with Crippen molar-refractivity contribution in [2.75, 3.05) is 31.6 Å². The van der Waals surface area contributed by atoms with Crippen LogP contribution in [0.1, 0.15) is 50.8 Å². The molecule has 216 valence electrons. The number of hydrazine groups is 1. The van der Waals surface area contributed by atoms with Gasteiger partial charge in [0.15, 0.2) is 5.82 Å². The molecule has 0 fully saturated rings. The molecule has 3 aromatic rings. The van der Waals surface area contributed by atoms with Gasteiger partial charge in [0.25, 0.3) is 5.91 Å². The summed E-state index contributed by atoms with van der Waals surface area (Å²) in [6.07, 6.45) is 1.93. The van der Waals surface area contributed by atoms with Crippen LogP contribution >= 0.6 is 0 Å². The molecule has 40 heavy (non-hydrogen) atoms. The Labute approximate surface area is 236 Å². The molecule has 10 heteroatoms. The maximum atomic E-state index is 13.5. The monoisotopic (exact) mass is 550 g/mol. The highest BCUT2D eigenvalue weighted by Crippen LogP contribution is 2.28. The second-order valence-electron chi connectivity index (χ2n) is 10.6. The first-order valence-electron chi connectivity index (χ1n) is 13.4. The standard InChI is InChI=1S/C29H38N6O4.CH4/c1-20(2)9-8-14-30-26(36)18-34(19-27(37)33(5)35-16-23-10-6-7-11-24(23)17-35)25-15-22(13-12-21(25)3)28-31-39-29(38)32(28)4;/h6-7,10-13,15,20H,8-9,14,16-19H2,1-5H3,(H,30,36);1H4. The Hall–Kier alpha value is -3.92. The van der Waals surface area contributed by atoms with Crippen LogP contribution in [0.2, 0.25) is 0 Å². The quantitative estimate of drug-likeness (QED) is 0.363. The number of amides is 2. The minimum Gasteiger partial charge on any atom is -0.355 e. The highest BCUT2D eigenvalue weighted by atomic mass is 16.5. The van der Waals surface area contributed by atoms with Crippen molar-refractivity contribution in [3.05, 3.63) is 69.7 Å². The highest BCUT2D eigenvalue weighted by Gasteiger charge is 2.27. The van der Waals surface area contributed by atoms with Crippen molar-refractivity contribution in [2.45, 2.75) is 54.1 Å². The first-order chi connectivity index (χ1) is 18.6. The van der Waals surface area contributed by atoms with E-state index < -0.39 is 5.76 Å². The fourth-order valence-electron chi connectivity index (χ4n) is 4.77. The van der Waals surface area contributed by atoms with Crippen molar-refractivity contribution in [3.8, 4) is 11.4 Å². The third kappa shape index (κ3) is 7.18. The van der Waals surface area contributed by atoms with Gasteiger partial charge in [0.1, 0.15) is 0 Å². The SMILES string of the molecule is C.Cc1ccc(-c2noc(=O)n2C)cc1N(CC(=O)NCCCC(C)C)CC(=O)N(C)N1Cc2ccccc2C1. The summed E-state index contributed by atoms with van der Waals surface area (Å²) in [4.78, 5) is 40.2. The number of carbonyl (C=O) groups is 2. The first kappa shape index (κ1) is 30.6. The third-order valence-corrected chi connectivity index (χ3v) is 7.16. The maximum absolute atomic E-state index is 13.5. The van der Waals surface area contributed by atoms with E-state index in [0.29, 0.717) is 42.6 Å². The molecule has 0 aliphatic carbocycles. The van der Waals surface area contributed by atoms with Gasteiger partial charge >= 0.3 is 5.76 Å². The zero-order chi connectivity index (χ0) is 28.1. The Morgan fingerprint density at radius 3 is 2.38 bits per heavy atom. The van der Waals surface area contributed by atoms with Crippen LogP contribution in [0.25, 0.3) is 11.4 Å². The van der Waals surface area contributed by atoms with Gasteiger partial charge in [-0.2, -0.15) is 0 Å². The van der Waals surface area contributed by atoms with Crippen LogP contribution in [-0.4, -0.2) is 58.2 Å². The van der Waals surface area contributed by atoms with E-state index in [1.165, 1.54) is 15.7 Å². The van der Waals surface area contributed by atoms with Gasteiger partial charge in [-0.3, -0.25) is 23.7 Å². The highest BCUT2D eigenvalue weighted by molar-refractivity contribution is 5.87. The van der Waals surface area contributed by atoms with Gasteiger partial charge in [-0.05, 0) is 48.4 Å². The molecule has 1 aromatic heterocycles. The van der Waals surface area contributed by atoms with E-state index in [9.17, 15) is 14.4 Å². The van der Waals surface area contributed by atoms with Gasteiger partial charge < -0.3 is 10.2 Å². The Morgan fingerprint density at radius 1 is 1.10 bits per heavy atom. The van der Waals surface area contributed by atoms with Crippen LogP contribution < -0.4 is 16.0 Å². The lowest BCUT2D eigenvalue weighted by Gasteiger charge is -2.32. The lowest BCUT2D eigenvalue weighted by Crippen LogP contribution is -2.48. The van der Waals surface area contributed by atoms with E-state index in [1.807, 2.05) is 42.3 Å². The minimum atomic E-state index is -0.562. The maximum Gasteiger partial charge on any atom is 0.441 e. The first-order valence-corrected chi connectivity index (χ1v) is 13.4.